The third-order valence-corrected chi connectivity index (χ3v) is 4.98. The number of hydrogen-bond acceptors (Lipinski definition) is 4. The van der Waals surface area contributed by atoms with Gasteiger partial charge in [0.15, 0.2) is 5.96 Å². The standard InChI is InChI=1S/C22H31N5O.HI/c1-23-22(25-14-19-9-11-24-21(13-19)26(2)3)27-12-10-20(15-27)17-28-16-18-7-5-4-6-8-18;/h4-9,11,13,20H,10,12,14-17H2,1-3H3,(H,23,25);1H. The van der Waals surface area contributed by atoms with Crippen LogP contribution in [-0.2, 0) is 17.9 Å². The number of anilines is 1. The number of rotatable bonds is 7. The topological polar surface area (TPSA) is 53.0 Å². The minimum absolute atomic E-state index is 0. The molecule has 1 unspecified atom stereocenters. The highest BCUT2D eigenvalue weighted by atomic mass is 127. The zero-order valence-electron chi connectivity index (χ0n) is 17.5. The summed E-state index contributed by atoms with van der Waals surface area (Å²) >= 11 is 0. The molecule has 6 nitrogen and oxygen atoms in total. The van der Waals surface area contributed by atoms with Crippen molar-refractivity contribution in [1.29, 1.82) is 0 Å². The van der Waals surface area contributed by atoms with E-state index in [4.69, 9.17) is 4.74 Å². The first kappa shape index (κ1) is 23.4. The molecule has 1 fully saturated rings. The number of ether oxygens (including phenoxy) is 1. The first-order chi connectivity index (χ1) is 13.7. The highest BCUT2D eigenvalue weighted by Gasteiger charge is 2.25. The van der Waals surface area contributed by atoms with Crippen molar-refractivity contribution in [1.82, 2.24) is 15.2 Å². The monoisotopic (exact) mass is 509 g/mol. The maximum atomic E-state index is 5.93. The fraction of sp³-hybridized carbons (Fsp3) is 0.455. The van der Waals surface area contributed by atoms with E-state index in [0.29, 0.717) is 12.5 Å². The van der Waals surface area contributed by atoms with Gasteiger partial charge in [0.25, 0.3) is 0 Å². The van der Waals surface area contributed by atoms with Gasteiger partial charge in [0.2, 0.25) is 0 Å². The van der Waals surface area contributed by atoms with E-state index in [0.717, 1.165) is 44.4 Å². The van der Waals surface area contributed by atoms with Gasteiger partial charge in [-0.25, -0.2) is 4.98 Å². The molecule has 1 aliphatic rings. The predicted molar refractivity (Wildman–Crippen MR) is 130 cm³/mol. The van der Waals surface area contributed by atoms with Gasteiger partial charge in [0.1, 0.15) is 5.82 Å². The molecule has 158 valence electrons. The molecule has 1 N–H and O–H groups in total. The van der Waals surface area contributed by atoms with Crippen LogP contribution in [0.3, 0.4) is 0 Å². The van der Waals surface area contributed by atoms with Crippen molar-refractivity contribution in [3.8, 4) is 0 Å². The van der Waals surface area contributed by atoms with E-state index >= 15 is 0 Å². The summed E-state index contributed by atoms with van der Waals surface area (Å²) in [6.07, 6.45) is 2.99. The Morgan fingerprint density at radius 1 is 1.24 bits per heavy atom. The second-order valence-electron chi connectivity index (χ2n) is 7.42. The molecule has 0 radical (unpaired) electrons. The highest BCUT2D eigenvalue weighted by Crippen LogP contribution is 2.18. The van der Waals surface area contributed by atoms with Gasteiger partial charge in [-0.2, -0.15) is 0 Å². The maximum Gasteiger partial charge on any atom is 0.193 e. The quantitative estimate of drug-likeness (QED) is 0.353. The zero-order chi connectivity index (χ0) is 19.8. The summed E-state index contributed by atoms with van der Waals surface area (Å²) in [6, 6.07) is 14.5. The fourth-order valence-corrected chi connectivity index (χ4v) is 3.41. The van der Waals surface area contributed by atoms with Crippen LogP contribution in [-0.4, -0.2) is 56.7 Å². The largest absolute Gasteiger partial charge is 0.376 e. The average Bonchev–Trinajstić information content (AvgIpc) is 3.18. The van der Waals surface area contributed by atoms with Crippen LogP contribution < -0.4 is 10.2 Å². The molecule has 3 rings (SSSR count). The van der Waals surface area contributed by atoms with Crippen LogP contribution in [0.4, 0.5) is 5.82 Å². The van der Waals surface area contributed by atoms with Gasteiger partial charge >= 0.3 is 0 Å². The van der Waals surface area contributed by atoms with E-state index < -0.39 is 0 Å². The number of aromatic nitrogens is 1. The van der Waals surface area contributed by atoms with Crippen LogP contribution in [0.2, 0.25) is 0 Å². The first-order valence-corrected chi connectivity index (χ1v) is 9.85. The predicted octanol–water partition coefficient (Wildman–Crippen LogP) is 3.38. The van der Waals surface area contributed by atoms with E-state index in [9.17, 15) is 0 Å². The van der Waals surface area contributed by atoms with Crippen LogP contribution >= 0.6 is 24.0 Å². The fourth-order valence-electron chi connectivity index (χ4n) is 3.41. The number of hydrogen-bond donors (Lipinski definition) is 1. The van der Waals surface area contributed by atoms with E-state index in [1.165, 1.54) is 11.1 Å². The Morgan fingerprint density at radius 2 is 2.03 bits per heavy atom. The van der Waals surface area contributed by atoms with Crippen LogP contribution in [0.5, 0.6) is 0 Å². The molecule has 0 bridgehead atoms. The number of likely N-dealkylation sites (tertiary alicyclic amines) is 1. The van der Waals surface area contributed by atoms with Crippen molar-refractivity contribution >= 4 is 35.8 Å². The highest BCUT2D eigenvalue weighted by molar-refractivity contribution is 14.0. The zero-order valence-corrected chi connectivity index (χ0v) is 19.9. The molecule has 1 aromatic carbocycles. The second-order valence-corrected chi connectivity index (χ2v) is 7.42. The average molecular weight is 509 g/mol. The van der Waals surface area contributed by atoms with Gasteiger partial charge in [0, 0.05) is 52.9 Å². The molecule has 29 heavy (non-hydrogen) atoms. The Kier molecular flexibility index (Phi) is 9.66. The summed E-state index contributed by atoms with van der Waals surface area (Å²) in [7, 11) is 5.85. The lowest BCUT2D eigenvalue weighted by Gasteiger charge is -2.22. The van der Waals surface area contributed by atoms with E-state index in [1.807, 2.05) is 44.4 Å². The minimum atomic E-state index is 0. The summed E-state index contributed by atoms with van der Waals surface area (Å²) in [5.74, 6) is 2.46. The first-order valence-electron chi connectivity index (χ1n) is 9.85. The van der Waals surface area contributed by atoms with Gasteiger partial charge in [-0.15, -0.1) is 24.0 Å². The third-order valence-electron chi connectivity index (χ3n) is 4.98. The normalized spacial score (nSPS) is 16.4. The molecular weight excluding hydrogens is 477 g/mol. The van der Waals surface area contributed by atoms with Crippen molar-refractivity contribution in [2.45, 2.75) is 19.6 Å². The second kappa shape index (κ2) is 12.0. The molecule has 7 heteroatoms. The Hall–Kier alpha value is -1.87. The van der Waals surface area contributed by atoms with Crippen LogP contribution in [0, 0.1) is 5.92 Å². The summed E-state index contributed by atoms with van der Waals surface area (Å²) in [4.78, 5) is 13.2. The number of nitrogens with one attached hydrogen (secondary N) is 1. The maximum absolute atomic E-state index is 5.93. The minimum Gasteiger partial charge on any atom is -0.376 e. The van der Waals surface area contributed by atoms with Crippen molar-refractivity contribution in [3.05, 3.63) is 59.8 Å². The van der Waals surface area contributed by atoms with E-state index in [-0.39, 0.29) is 24.0 Å². The number of benzene rings is 1. The lowest BCUT2D eigenvalue weighted by molar-refractivity contribution is 0.0906. The lowest BCUT2D eigenvalue weighted by Crippen LogP contribution is -2.39. The Labute approximate surface area is 191 Å². The Balaban J connectivity index is 0.00000300. The molecule has 0 aliphatic carbocycles. The molecule has 0 amide bonds. The number of guanidine groups is 1. The molecular formula is C22H32IN5O. The van der Waals surface area contributed by atoms with E-state index in [1.54, 1.807) is 0 Å². The van der Waals surface area contributed by atoms with Crippen molar-refractivity contribution < 1.29 is 4.74 Å². The molecule has 1 atom stereocenters. The van der Waals surface area contributed by atoms with Gasteiger partial charge in [0.05, 0.1) is 13.2 Å². The molecule has 1 aromatic heterocycles. The lowest BCUT2D eigenvalue weighted by atomic mass is 10.1. The Morgan fingerprint density at radius 3 is 2.76 bits per heavy atom. The van der Waals surface area contributed by atoms with Crippen LogP contribution in [0.15, 0.2) is 53.7 Å². The Bertz CT molecular complexity index is 769. The number of halogens is 1. The molecule has 1 aliphatic heterocycles. The number of aliphatic imine (C=N–C) groups is 1. The van der Waals surface area contributed by atoms with Gasteiger partial charge < -0.3 is 19.9 Å². The smallest absolute Gasteiger partial charge is 0.193 e. The molecule has 0 saturated carbocycles. The molecule has 2 heterocycles. The SMILES string of the molecule is CN=C(NCc1ccnc(N(C)C)c1)N1CCC(COCc2ccccc2)C1.I. The third kappa shape index (κ3) is 7.15. The van der Waals surface area contributed by atoms with Gasteiger partial charge in [-0.05, 0) is 29.7 Å². The summed E-state index contributed by atoms with van der Waals surface area (Å²) in [6.45, 7) is 4.20. The summed E-state index contributed by atoms with van der Waals surface area (Å²) < 4.78 is 5.93. The van der Waals surface area contributed by atoms with Crippen molar-refractivity contribution in [2.24, 2.45) is 10.9 Å². The van der Waals surface area contributed by atoms with Crippen molar-refractivity contribution in [3.63, 3.8) is 0 Å². The van der Waals surface area contributed by atoms with E-state index in [2.05, 4.69) is 50.5 Å². The van der Waals surface area contributed by atoms with Gasteiger partial charge in [-0.1, -0.05) is 30.3 Å². The number of nitrogens with zero attached hydrogens (tertiary/aromatic N) is 4. The van der Waals surface area contributed by atoms with Gasteiger partial charge in [-0.3, -0.25) is 4.99 Å². The summed E-state index contributed by atoms with van der Waals surface area (Å²) in [5, 5.41) is 3.49. The number of pyridine rings is 1. The molecule has 0 spiro atoms. The van der Waals surface area contributed by atoms with Crippen LogP contribution in [0.25, 0.3) is 0 Å². The molecule has 1 saturated heterocycles. The van der Waals surface area contributed by atoms with Crippen LogP contribution in [0.1, 0.15) is 17.5 Å². The summed E-state index contributed by atoms with van der Waals surface area (Å²) in [5.41, 5.74) is 2.42. The molecule has 2 aromatic rings. The van der Waals surface area contributed by atoms with Crippen molar-refractivity contribution in [2.75, 3.05) is 45.7 Å².